The summed E-state index contributed by atoms with van der Waals surface area (Å²) in [7, 11) is 0. The highest BCUT2D eigenvalue weighted by atomic mass is 15.1. The second-order valence-corrected chi connectivity index (χ2v) is 12.7. The zero-order valence-corrected chi connectivity index (χ0v) is 32.3. The lowest BCUT2D eigenvalue weighted by Crippen LogP contribution is -2.08. The van der Waals surface area contributed by atoms with Crippen LogP contribution in [-0.2, 0) is 13.0 Å². The summed E-state index contributed by atoms with van der Waals surface area (Å²) in [5, 5.41) is 3.72. The van der Waals surface area contributed by atoms with E-state index in [0.717, 1.165) is 30.3 Å². The first-order chi connectivity index (χ1) is 26.6. The Labute approximate surface area is 320 Å². The van der Waals surface area contributed by atoms with E-state index in [1.807, 2.05) is 89.3 Å². The third-order valence-electron chi connectivity index (χ3n) is 9.74. The monoisotopic (exact) mass is 709 g/mol. The Hall–Kier alpha value is -6.20. The molecule has 2 aliphatic carbocycles. The van der Waals surface area contributed by atoms with Crippen molar-refractivity contribution in [2.75, 3.05) is 5.73 Å². The molecule has 5 heteroatoms. The minimum absolute atomic E-state index is 0.462. The van der Waals surface area contributed by atoms with Gasteiger partial charge in [0, 0.05) is 39.8 Å². The van der Waals surface area contributed by atoms with Crippen LogP contribution in [0, 0.1) is 0 Å². The molecule has 54 heavy (non-hydrogen) atoms. The lowest BCUT2D eigenvalue weighted by molar-refractivity contribution is 0.881. The molecule has 0 spiro atoms. The number of rotatable bonds is 8. The minimum Gasteiger partial charge on any atom is -0.397 e. The standard InChI is InChI=1S/C45H39N5.2C2H6/c1-3-5-7-13-26-49-40-24-22-32-17-14-18-34(32)45(40)37-28-36-35-23-21-33(31-15-9-8-10-16-31)27-41(35)50(42(36)29-43(37)49)30-44(47-25-6-4-2)48-39-20-12-11-19-38(39)46;2*1-2/h3-17,19-21,23,25-29H,1,18,22,24,30,46H2,2H3;2*1-2H3/b6-4-,7-5-,26-13-,47-25?,48-44?;;. The summed E-state index contributed by atoms with van der Waals surface area (Å²) in [6, 6.07) is 29.9. The van der Waals surface area contributed by atoms with E-state index in [1.54, 1.807) is 6.21 Å². The van der Waals surface area contributed by atoms with Gasteiger partial charge < -0.3 is 14.9 Å². The van der Waals surface area contributed by atoms with Crippen molar-refractivity contribution in [1.29, 1.82) is 0 Å². The molecule has 0 saturated heterocycles. The van der Waals surface area contributed by atoms with Gasteiger partial charge in [-0.25, -0.2) is 9.98 Å². The maximum absolute atomic E-state index is 6.38. The van der Waals surface area contributed by atoms with Crippen LogP contribution in [0.4, 0.5) is 11.4 Å². The molecule has 5 nitrogen and oxygen atoms in total. The van der Waals surface area contributed by atoms with Crippen LogP contribution in [0.25, 0.3) is 55.6 Å². The number of allylic oxidation sites excluding steroid dienone is 10. The number of nitrogens with zero attached hydrogens (tertiary/aromatic N) is 4. The van der Waals surface area contributed by atoms with Gasteiger partial charge in [-0.2, -0.15) is 0 Å². The number of aromatic nitrogens is 2. The summed E-state index contributed by atoms with van der Waals surface area (Å²) in [5.41, 5.74) is 19.2. The highest BCUT2D eigenvalue weighted by Gasteiger charge is 2.27. The number of benzene rings is 4. The van der Waals surface area contributed by atoms with Gasteiger partial charge in [0.15, 0.2) is 0 Å². The first-order valence-corrected chi connectivity index (χ1v) is 19.2. The van der Waals surface area contributed by atoms with E-state index in [2.05, 4.69) is 101 Å². The number of aliphatic imine (C=N–C) groups is 2. The molecule has 2 aromatic heterocycles. The van der Waals surface area contributed by atoms with Crippen LogP contribution in [0.3, 0.4) is 0 Å². The van der Waals surface area contributed by atoms with Gasteiger partial charge in [0.05, 0.1) is 34.5 Å². The molecule has 6 aromatic rings. The van der Waals surface area contributed by atoms with E-state index in [1.165, 1.54) is 55.2 Å². The second kappa shape index (κ2) is 17.5. The van der Waals surface area contributed by atoms with Gasteiger partial charge in [-0.3, -0.25) is 0 Å². The highest BCUT2D eigenvalue weighted by Crippen LogP contribution is 2.45. The first-order valence-electron chi connectivity index (χ1n) is 19.2. The molecule has 0 unspecified atom stereocenters. The molecule has 4 aromatic carbocycles. The highest BCUT2D eigenvalue weighted by molar-refractivity contribution is 6.16. The van der Waals surface area contributed by atoms with E-state index in [-0.39, 0.29) is 0 Å². The maximum Gasteiger partial charge on any atom is 0.148 e. The topological polar surface area (TPSA) is 60.6 Å². The maximum atomic E-state index is 6.38. The lowest BCUT2D eigenvalue weighted by Gasteiger charge is -2.17. The second-order valence-electron chi connectivity index (χ2n) is 12.7. The van der Waals surface area contributed by atoms with Crippen molar-refractivity contribution in [2.24, 2.45) is 9.98 Å². The Morgan fingerprint density at radius 3 is 2.33 bits per heavy atom. The van der Waals surface area contributed by atoms with Crippen molar-refractivity contribution in [2.45, 2.75) is 60.4 Å². The summed E-state index contributed by atoms with van der Waals surface area (Å²) in [6.45, 7) is 14.3. The Morgan fingerprint density at radius 1 is 0.778 bits per heavy atom. The zero-order chi connectivity index (χ0) is 38.0. The largest absolute Gasteiger partial charge is 0.397 e. The van der Waals surface area contributed by atoms with Crippen LogP contribution in [0.15, 0.2) is 156 Å². The molecule has 2 heterocycles. The van der Waals surface area contributed by atoms with E-state index in [0.29, 0.717) is 23.8 Å². The van der Waals surface area contributed by atoms with Gasteiger partial charge in [0.1, 0.15) is 5.84 Å². The van der Waals surface area contributed by atoms with Gasteiger partial charge >= 0.3 is 0 Å². The summed E-state index contributed by atoms with van der Waals surface area (Å²) in [6.07, 6.45) is 23.5. The molecule has 0 atom stereocenters. The van der Waals surface area contributed by atoms with Crippen LogP contribution < -0.4 is 5.73 Å². The van der Waals surface area contributed by atoms with E-state index < -0.39 is 0 Å². The van der Waals surface area contributed by atoms with Gasteiger partial charge in [-0.15, -0.1) is 0 Å². The molecule has 2 N–H and O–H groups in total. The quantitative estimate of drug-likeness (QED) is 0.0727. The van der Waals surface area contributed by atoms with Gasteiger partial charge in [0.25, 0.3) is 0 Å². The van der Waals surface area contributed by atoms with Crippen LogP contribution in [-0.4, -0.2) is 21.2 Å². The number of para-hydroxylation sites is 2. The van der Waals surface area contributed by atoms with Gasteiger partial charge in [0.2, 0.25) is 0 Å². The van der Waals surface area contributed by atoms with Crippen molar-refractivity contribution >= 4 is 67.9 Å². The molecule has 0 radical (unpaired) electrons. The molecule has 0 fully saturated rings. The number of hydrogen-bond donors (Lipinski definition) is 1. The van der Waals surface area contributed by atoms with Crippen LogP contribution in [0.1, 0.15) is 58.7 Å². The first kappa shape index (κ1) is 37.6. The fourth-order valence-corrected chi connectivity index (χ4v) is 7.45. The van der Waals surface area contributed by atoms with Crippen molar-refractivity contribution in [3.8, 4) is 11.1 Å². The number of amidine groups is 1. The fourth-order valence-electron chi connectivity index (χ4n) is 7.45. The molecule has 0 aliphatic heterocycles. The number of fused-ring (bicyclic) bond motifs is 7. The molecule has 0 bridgehead atoms. The summed E-state index contributed by atoms with van der Waals surface area (Å²) < 4.78 is 4.78. The smallest absolute Gasteiger partial charge is 0.148 e. The Morgan fingerprint density at radius 2 is 1.56 bits per heavy atom. The van der Waals surface area contributed by atoms with E-state index in [9.17, 15) is 0 Å². The average molecular weight is 710 g/mol. The predicted octanol–water partition coefficient (Wildman–Crippen LogP) is 13.3. The Balaban J connectivity index is 0.00000120. The number of anilines is 1. The third kappa shape index (κ3) is 7.35. The molecule has 2 aliphatic rings. The molecular weight excluding hydrogens is 659 g/mol. The van der Waals surface area contributed by atoms with E-state index in [4.69, 9.17) is 15.7 Å². The van der Waals surface area contributed by atoms with Gasteiger partial charge in [-0.1, -0.05) is 125 Å². The molecular formula is C49H51N5. The minimum atomic E-state index is 0.462. The lowest BCUT2D eigenvalue weighted by atomic mass is 9.89. The summed E-state index contributed by atoms with van der Waals surface area (Å²) in [5.74, 6) is 0.668. The molecule has 0 amide bonds. The molecule has 8 rings (SSSR count). The van der Waals surface area contributed by atoms with Crippen LogP contribution >= 0.6 is 0 Å². The van der Waals surface area contributed by atoms with Crippen LogP contribution in [0.2, 0.25) is 0 Å². The van der Waals surface area contributed by atoms with E-state index >= 15 is 0 Å². The van der Waals surface area contributed by atoms with Gasteiger partial charge in [-0.05, 0) is 90.9 Å². The van der Waals surface area contributed by atoms with Crippen molar-refractivity contribution in [1.82, 2.24) is 9.13 Å². The Kier molecular flexibility index (Phi) is 12.2. The fraction of sp³-hybridized carbons (Fsp3) is 0.184. The molecule has 272 valence electrons. The molecule has 0 saturated carbocycles. The Bertz CT molecular complexity index is 2510. The van der Waals surface area contributed by atoms with Crippen LogP contribution in [0.5, 0.6) is 0 Å². The zero-order valence-electron chi connectivity index (χ0n) is 32.3. The normalized spacial score (nSPS) is 14.1. The number of hydrogen-bond acceptors (Lipinski definition) is 2. The van der Waals surface area contributed by atoms with Crippen molar-refractivity contribution in [3.05, 3.63) is 157 Å². The number of nitrogens with two attached hydrogens (primary N) is 1. The average Bonchev–Trinajstić information content (AvgIpc) is 3.91. The third-order valence-corrected chi connectivity index (χ3v) is 9.74. The summed E-state index contributed by atoms with van der Waals surface area (Å²) >= 11 is 0. The SMILES string of the molecule is C=C/C=C\C=C/n1c2c(c3cc4c5ccc(-c6ccccc6)cc5n(CC(N=C/C=C\C)=Nc5ccccc5N)c4cc31)C1=C(C=CC1)CC2.CC.CC. The van der Waals surface area contributed by atoms with Crippen molar-refractivity contribution < 1.29 is 0 Å². The number of nitrogen functional groups attached to an aromatic ring is 1. The summed E-state index contributed by atoms with van der Waals surface area (Å²) in [4.78, 5) is 9.88. The predicted molar refractivity (Wildman–Crippen MR) is 238 cm³/mol. The van der Waals surface area contributed by atoms with Crippen molar-refractivity contribution in [3.63, 3.8) is 0 Å².